The molecule has 4 rings (SSSR count). The van der Waals surface area contributed by atoms with E-state index in [4.69, 9.17) is 4.42 Å². The highest BCUT2D eigenvalue weighted by Gasteiger charge is 2.36. The Bertz CT molecular complexity index is 1290. The number of thioether (sulfide) groups is 1. The van der Waals surface area contributed by atoms with Gasteiger partial charge in [-0.1, -0.05) is 29.5 Å². The number of dihydropyridines is 1. The Morgan fingerprint density at radius 1 is 1.24 bits per heavy atom. The Labute approximate surface area is 204 Å². The summed E-state index contributed by atoms with van der Waals surface area (Å²) in [6, 6.07) is 13.2. The number of carbonyl (C=O) groups is 2. The Balaban J connectivity index is 1.56. The summed E-state index contributed by atoms with van der Waals surface area (Å²) >= 11 is 2.50. The number of nitriles is 1. The van der Waals surface area contributed by atoms with E-state index in [1.165, 1.54) is 29.4 Å². The number of nitrogens with zero attached hydrogens (tertiary/aromatic N) is 2. The maximum Gasteiger partial charge on any atom is 0.256 e. The molecule has 1 aliphatic heterocycles. The first-order valence-electron chi connectivity index (χ1n) is 10.3. The van der Waals surface area contributed by atoms with Crippen LogP contribution in [-0.4, -0.2) is 22.6 Å². The zero-order valence-electron chi connectivity index (χ0n) is 18.4. The molecule has 1 unspecified atom stereocenters. The number of rotatable bonds is 7. The fourth-order valence-corrected chi connectivity index (χ4v) is 4.90. The standard InChI is InChI=1S/C24H21N5O3S2/c1-14-5-7-16(8-6-14)28-19(30)13-34-23-17(12-25)21(18-4-3-10-32-18)20(15(2)27-23)22(31)29-24-26-9-11-33-24/h3-11,21,27H,13H2,1-2H3,(H,28,30)(H,26,29,31). The maximum atomic E-state index is 13.2. The second kappa shape index (κ2) is 10.4. The van der Waals surface area contributed by atoms with Crippen LogP contribution in [0.3, 0.4) is 0 Å². The van der Waals surface area contributed by atoms with Gasteiger partial charge in [0.15, 0.2) is 5.13 Å². The molecule has 0 aliphatic carbocycles. The Morgan fingerprint density at radius 3 is 2.68 bits per heavy atom. The molecular weight excluding hydrogens is 470 g/mol. The molecule has 0 saturated heterocycles. The van der Waals surface area contributed by atoms with E-state index in [9.17, 15) is 14.9 Å². The molecule has 172 valence electrons. The van der Waals surface area contributed by atoms with E-state index in [1.807, 2.05) is 31.2 Å². The summed E-state index contributed by atoms with van der Waals surface area (Å²) in [7, 11) is 0. The summed E-state index contributed by atoms with van der Waals surface area (Å²) in [6.45, 7) is 3.73. The van der Waals surface area contributed by atoms with E-state index in [0.717, 1.165) is 5.56 Å². The summed E-state index contributed by atoms with van der Waals surface area (Å²) < 4.78 is 5.60. The van der Waals surface area contributed by atoms with Crippen LogP contribution in [0.4, 0.5) is 10.8 Å². The second-order valence-corrected chi connectivity index (χ2v) is 9.34. The number of benzene rings is 1. The van der Waals surface area contributed by atoms with Crippen LogP contribution >= 0.6 is 23.1 Å². The van der Waals surface area contributed by atoms with E-state index in [-0.39, 0.29) is 17.6 Å². The van der Waals surface area contributed by atoms with Crippen molar-refractivity contribution in [1.82, 2.24) is 10.3 Å². The number of anilines is 2. The van der Waals surface area contributed by atoms with Crippen LogP contribution in [0.25, 0.3) is 0 Å². The van der Waals surface area contributed by atoms with Gasteiger partial charge in [0, 0.05) is 23.0 Å². The number of amides is 2. The van der Waals surface area contributed by atoms with Crippen molar-refractivity contribution in [2.75, 3.05) is 16.4 Å². The number of carbonyl (C=O) groups excluding carboxylic acids is 2. The largest absolute Gasteiger partial charge is 0.468 e. The first kappa shape index (κ1) is 23.4. The number of hydrogen-bond donors (Lipinski definition) is 3. The topological polar surface area (TPSA) is 120 Å². The highest BCUT2D eigenvalue weighted by molar-refractivity contribution is 8.03. The molecule has 34 heavy (non-hydrogen) atoms. The van der Waals surface area contributed by atoms with Gasteiger partial charge in [0.1, 0.15) is 5.76 Å². The van der Waals surface area contributed by atoms with Crippen LogP contribution in [0, 0.1) is 18.3 Å². The Kier molecular flexibility index (Phi) is 7.15. The molecule has 2 aromatic heterocycles. The van der Waals surface area contributed by atoms with Crippen LogP contribution in [-0.2, 0) is 9.59 Å². The first-order chi connectivity index (χ1) is 16.5. The molecule has 1 aliphatic rings. The third-order valence-corrected chi connectivity index (χ3v) is 6.76. The predicted octanol–water partition coefficient (Wildman–Crippen LogP) is 4.75. The van der Waals surface area contributed by atoms with E-state index in [1.54, 1.807) is 30.6 Å². The zero-order chi connectivity index (χ0) is 24.1. The van der Waals surface area contributed by atoms with E-state index >= 15 is 0 Å². The number of aromatic nitrogens is 1. The van der Waals surface area contributed by atoms with Gasteiger partial charge in [0.2, 0.25) is 5.91 Å². The van der Waals surface area contributed by atoms with Gasteiger partial charge in [-0.2, -0.15) is 5.26 Å². The number of aryl methyl sites for hydroxylation is 1. The van der Waals surface area contributed by atoms with Gasteiger partial charge in [-0.25, -0.2) is 4.98 Å². The lowest BCUT2D eigenvalue weighted by atomic mass is 9.85. The monoisotopic (exact) mass is 491 g/mol. The molecule has 0 radical (unpaired) electrons. The van der Waals surface area contributed by atoms with Crippen molar-refractivity contribution >= 4 is 45.7 Å². The molecule has 3 aromatic rings. The number of allylic oxidation sites excluding steroid dienone is 2. The van der Waals surface area contributed by atoms with Crippen molar-refractivity contribution in [3.8, 4) is 6.07 Å². The van der Waals surface area contributed by atoms with Crippen molar-refractivity contribution in [3.63, 3.8) is 0 Å². The van der Waals surface area contributed by atoms with Crippen molar-refractivity contribution in [1.29, 1.82) is 5.26 Å². The molecule has 8 nitrogen and oxygen atoms in total. The Hall–Kier alpha value is -3.81. The van der Waals surface area contributed by atoms with Gasteiger partial charge in [0.25, 0.3) is 5.91 Å². The smallest absolute Gasteiger partial charge is 0.256 e. The Morgan fingerprint density at radius 2 is 2.03 bits per heavy atom. The molecule has 3 N–H and O–H groups in total. The fourth-order valence-electron chi connectivity index (χ4n) is 3.49. The van der Waals surface area contributed by atoms with Crippen molar-refractivity contribution in [2.24, 2.45) is 0 Å². The number of hydrogen-bond acceptors (Lipinski definition) is 8. The number of nitrogens with one attached hydrogen (secondary N) is 3. The molecule has 2 amide bonds. The predicted molar refractivity (Wildman–Crippen MR) is 133 cm³/mol. The average Bonchev–Trinajstić information content (AvgIpc) is 3.53. The van der Waals surface area contributed by atoms with E-state index in [2.05, 4.69) is 27.0 Å². The van der Waals surface area contributed by atoms with Crippen LogP contribution in [0.15, 0.2) is 80.5 Å². The normalized spacial score (nSPS) is 15.5. The summed E-state index contributed by atoms with van der Waals surface area (Å²) in [5.41, 5.74) is 3.03. The van der Waals surface area contributed by atoms with Gasteiger partial charge < -0.3 is 15.1 Å². The molecule has 0 bridgehead atoms. The minimum Gasteiger partial charge on any atom is -0.468 e. The third-order valence-electron chi connectivity index (χ3n) is 5.06. The lowest BCUT2D eigenvalue weighted by Gasteiger charge is -2.28. The molecule has 3 heterocycles. The maximum absolute atomic E-state index is 13.2. The molecule has 10 heteroatoms. The molecule has 0 fully saturated rings. The number of thiazole rings is 1. The minimum absolute atomic E-state index is 0.0835. The van der Waals surface area contributed by atoms with Crippen molar-refractivity contribution in [2.45, 2.75) is 19.8 Å². The van der Waals surface area contributed by atoms with Gasteiger partial charge in [0.05, 0.1) is 40.2 Å². The third kappa shape index (κ3) is 5.22. The molecular formula is C24H21N5O3S2. The highest BCUT2D eigenvalue weighted by Crippen LogP contribution is 2.41. The van der Waals surface area contributed by atoms with Crippen LogP contribution in [0.5, 0.6) is 0 Å². The van der Waals surface area contributed by atoms with Crippen LogP contribution in [0.2, 0.25) is 0 Å². The lowest BCUT2D eigenvalue weighted by molar-refractivity contribution is -0.114. The quantitative estimate of drug-likeness (QED) is 0.436. The first-order valence-corrected chi connectivity index (χ1v) is 12.2. The molecule has 1 atom stereocenters. The van der Waals surface area contributed by atoms with E-state index < -0.39 is 5.92 Å². The summed E-state index contributed by atoms with van der Waals surface area (Å²) in [5, 5.41) is 21.5. The lowest BCUT2D eigenvalue weighted by Crippen LogP contribution is -2.31. The van der Waals surface area contributed by atoms with E-state index in [0.29, 0.717) is 38.5 Å². The summed E-state index contributed by atoms with van der Waals surface area (Å²) in [4.78, 5) is 29.8. The molecule has 0 spiro atoms. The number of furan rings is 1. The van der Waals surface area contributed by atoms with Gasteiger partial charge >= 0.3 is 0 Å². The van der Waals surface area contributed by atoms with Crippen molar-refractivity contribution < 1.29 is 14.0 Å². The zero-order valence-corrected chi connectivity index (χ0v) is 20.0. The SMILES string of the molecule is CC1=C(C(=O)Nc2nccs2)C(c2ccco2)C(C#N)=C(SCC(=O)Nc2ccc(C)cc2)N1. The summed E-state index contributed by atoms with van der Waals surface area (Å²) in [6.07, 6.45) is 3.10. The second-order valence-electron chi connectivity index (χ2n) is 7.46. The average molecular weight is 492 g/mol. The highest BCUT2D eigenvalue weighted by atomic mass is 32.2. The van der Waals surface area contributed by atoms with Gasteiger partial charge in [-0.05, 0) is 38.1 Å². The van der Waals surface area contributed by atoms with Gasteiger partial charge in [-0.15, -0.1) is 11.3 Å². The van der Waals surface area contributed by atoms with Gasteiger partial charge in [-0.3, -0.25) is 14.9 Å². The fraction of sp³-hybridized carbons (Fsp3) is 0.167. The van der Waals surface area contributed by atoms with Crippen LogP contribution < -0.4 is 16.0 Å². The molecule has 1 aromatic carbocycles. The summed E-state index contributed by atoms with van der Waals surface area (Å²) in [5.74, 6) is -0.757. The van der Waals surface area contributed by atoms with Crippen LogP contribution in [0.1, 0.15) is 24.2 Å². The molecule has 0 saturated carbocycles. The minimum atomic E-state index is -0.719. The van der Waals surface area contributed by atoms with Crippen molar-refractivity contribution in [3.05, 3.63) is 87.4 Å².